The lowest BCUT2D eigenvalue weighted by molar-refractivity contribution is -0.137. The molecule has 0 radical (unpaired) electrons. The number of hydrogen-bond donors (Lipinski definition) is 1. The minimum atomic E-state index is -0.643. The largest absolute Gasteiger partial charge is 0.452 e. The summed E-state index contributed by atoms with van der Waals surface area (Å²) in [6, 6.07) is 26.2. The monoisotopic (exact) mass is 507 g/mol. The summed E-state index contributed by atoms with van der Waals surface area (Å²) in [6.07, 6.45) is 4.98. The van der Waals surface area contributed by atoms with E-state index in [-0.39, 0.29) is 29.3 Å². The number of carbonyl (C=O) groups excluding carboxylic acids is 3. The van der Waals surface area contributed by atoms with Gasteiger partial charge in [0.25, 0.3) is 5.91 Å². The maximum Gasteiger partial charge on any atom is 0.338 e. The number of carbonyl (C=O) groups is 3. The number of hydrogen-bond acceptors (Lipinski definition) is 5. The predicted octanol–water partition coefficient (Wildman–Crippen LogP) is 5.63. The van der Waals surface area contributed by atoms with Gasteiger partial charge < -0.3 is 10.1 Å². The molecule has 1 fully saturated rings. The summed E-state index contributed by atoms with van der Waals surface area (Å²) in [7, 11) is 0. The molecule has 1 heterocycles. The van der Waals surface area contributed by atoms with E-state index < -0.39 is 12.6 Å². The zero-order valence-corrected chi connectivity index (χ0v) is 21.2. The average molecular weight is 508 g/mol. The molecule has 5 rings (SSSR count). The molecule has 38 heavy (non-hydrogen) atoms. The molecule has 7 heteroatoms. The summed E-state index contributed by atoms with van der Waals surface area (Å²) in [5.41, 5.74) is 4.89. The molecule has 0 spiro atoms. The Morgan fingerprint density at radius 1 is 1.00 bits per heavy atom. The molecule has 192 valence electrons. The van der Waals surface area contributed by atoms with E-state index in [0.29, 0.717) is 5.69 Å². The fourth-order valence-corrected chi connectivity index (χ4v) is 5.14. The van der Waals surface area contributed by atoms with Gasteiger partial charge in [0.15, 0.2) is 6.61 Å². The van der Waals surface area contributed by atoms with Gasteiger partial charge in [-0.15, -0.1) is 0 Å². The Morgan fingerprint density at radius 3 is 2.47 bits per heavy atom. The first-order chi connectivity index (χ1) is 18.5. The van der Waals surface area contributed by atoms with Crippen LogP contribution in [0.4, 0.5) is 5.69 Å². The molecule has 0 aromatic heterocycles. The van der Waals surface area contributed by atoms with E-state index in [1.807, 2.05) is 48.5 Å². The maximum atomic E-state index is 13.5. The van der Waals surface area contributed by atoms with Crippen LogP contribution in [0.25, 0.3) is 6.08 Å². The summed E-state index contributed by atoms with van der Waals surface area (Å²) in [5, 5.41) is 8.98. The number of esters is 1. The van der Waals surface area contributed by atoms with Gasteiger partial charge in [0, 0.05) is 18.5 Å². The number of nitrogens with zero attached hydrogens (tertiary/aromatic N) is 2. The summed E-state index contributed by atoms with van der Waals surface area (Å²) in [4.78, 5) is 37.5. The van der Waals surface area contributed by atoms with Crippen LogP contribution in [-0.4, -0.2) is 35.1 Å². The van der Waals surface area contributed by atoms with E-state index in [1.165, 1.54) is 18.0 Å². The topological polar surface area (TPSA) is 88.1 Å². The van der Waals surface area contributed by atoms with Crippen molar-refractivity contribution in [3.8, 4) is 0 Å². The number of hydrazone groups is 1. The van der Waals surface area contributed by atoms with E-state index in [2.05, 4.69) is 23.5 Å². The molecule has 2 atom stereocenters. The van der Waals surface area contributed by atoms with Gasteiger partial charge in [0.1, 0.15) is 0 Å². The first-order valence-electron chi connectivity index (χ1n) is 12.8. The standard InChI is InChI=1S/C31H29N3O4/c1-21(35)32-26-16-8-15-25(19-26)31(37)38-20-28(36)34-30(23-12-6-3-7-13-23)27-17-9-14-24(29(27)33-34)18-22-10-4-2-5-11-22/h2-8,10-13,15-16,18-19,27,30H,9,14,17,20H2,1H3,(H,32,35). The lowest BCUT2D eigenvalue weighted by Gasteiger charge is -2.29. The van der Waals surface area contributed by atoms with Gasteiger partial charge in [-0.05, 0) is 60.2 Å². The van der Waals surface area contributed by atoms with Gasteiger partial charge in [0.05, 0.1) is 17.3 Å². The van der Waals surface area contributed by atoms with E-state index in [1.54, 1.807) is 18.2 Å². The zero-order chi connectivity index (χ0) is 26.5. The minimum Gasteiger partial charge on any atom is -0.452 e. The molecular formula is C31H29N3O4. The normalized spacial score (nSPS) is 19.4. The molecule has 0 bridgehead atoms. The average Bonchev–Trinajstić information content (AvgIpc) is 3.33. The smallest absolute Gasteiger partial charge is 0.338 e. The Labute approximate surface area is 221 Å². The third-order valence-corrected chi connectivity index (χ3v) is 6.78. The fourth-order valence-electron chi connectivity index (χ4n) is 5.14. The quantitative estimate of drug-likeness (QED) is 0.439. The van der Waals surface area contributed by atoms with Crippen LogP contribution in [0.3, 0.4) is 0 Å². The van der Waals surface area contributed by atoms with Crippen molar-refractivity contribution in [2.24, 2.45) is 11.0 Å². The van der Waals surface area contributed by atoms with E-state index in [9.17, 15) is 14.4 Å². The lowest BCUT2D eigenvalue weighted by Crippen LogP contribution is -2.34. The molecule has 1 saturated carbocycles. The van der Waals surface area contributed by atoms with E-state index >= 15 is 0 Å². The number of benzene rings is 3. The highest BCUT2D eigenvalue weighted by Crippen LogP contribution is 2.44. The van der Waals surface area contributed by atoms with Gasteiger partial charge in [-0.25, -0.2) is 9.80 Å². The van der Waals surface area contributed by atoms with Crippen molar-refractivity contribution in [1.82, 2.24) is 5.01 Å². The molecule has 1 aliphatic heterocycles. The third-order valence-electron chi connectivity index (χ3n) is 6.78. The van der Waals surface area contributed by atoms with Crippen LogP contribution in [0.5, 0.6) is 0 Å². The summed E-state index contributed by atoms with van der Waals surface area (Å²) in [6.45, 7) is 0.955. The molecule has 2 amide bonds. The number of amides is 2. The van der Waals surface area contributed by atoms with Gasteiger partial charge in [0.2, 0.25) is 5.91 Å². The first-order valence-corrected chi connectivity index (χ1v) is 12.8. The molecule has 2 unspecified atom stereocenters. The van der Waals surface area contributed by atoms with Crippen LogP contribution < -0.4 is 5.32 Å². The fraction of sp³-hybridized carbons (Fsp3) is 0.226. The molecule has 3 aromatic rings. The van der Waals surface area contributed by atoms with Crippen LogP contribution in [0, 0.1) is 5.92 Å². The van der Waals surface area contributed by atoms with Gasteiger partial charge in [-0.2, -0.15) is 5.10 Å². The Hall–Kier alpha value is -4.52. The summed E-state index contributed by atoms with van der Waals surface area (Å²) in [5.74, 6) is -1.20. The maximum absolute atomic E-state index is 13.5. The molecule has 0 saturated heterocycles. The Morgan fingerprint density at radius 2 is 1.74 bits per heavy atom. The minimum absolute atomic E-state index is 0.0649. The van der Waals surface area contributed by atoms with Crippen molar-refractivity contribution in [3.05, 3.63) is 107 Å². The second-order valence-electron chi connectivity index (χ2n) is 9.50. The number of nitrogens with one attached hydrogen (secondary N) is 1. The SMILES string of the molecule is CC(=O)Nc1cccc(C(=O)OCC(=O)N2N=C3C(=Cc4ccccc4)CCCC3C2c2ccccc2)c1. The van der Waals surface area contributed by atoms with Crippen LogP contribution in [-0.2, 0) is 14.3 Å². The van der Waals surface area contributed by atoms with Gasteiger partial charge in [-0.1, -0.05) is 66.7 Å². The highest BCUT2D eigenvalue weighted by Gasteiger charge is 2.43. The number of rotatable bonds is 6. The van der Waals surface area contributed by atoms with Crippen molar-refractivity contribution in [2.45, 2.75) is 32.2 Å². The van der Waals surface area contributed by atoms with Crippen LogP contribution in [0.2, 0.25) is 0 Å². The highest BCUT2D eigenvalue weighted by molar-refractivity contribution is 6.08. The Kier molecular flexibility index (Phi) is 7.45. The summed E-state index contributed by atoms with van der Waals surface area (Å²) < 4.78 is 5.40. The van der Waals surface area contributed by atoms with Crippen LogP contribution >= 0.6 is 0 Å². The van der Waals surface area contributed by atoms with Crippen molar-refractivity contribution in [2.75, 3.05) is 11.9 Å². The third kappa shape index (κ3) is 5.57. The van der Waals surface area contributed by atoms with E-state index in [4.69, 9.17) is 9.84 Å². The van der Waals surface area contributed by atoms with Gasteiger partial charge in [-0.3, -0.25) is 9.59 Å². The van der Waals surface area contributed by atoms with E-state index in [0.717, 1.165) is 41.7 Å². The molecule has 2 aliphatic rings. The Balaban J connectivity index is 1.38. The molecule has 3 aromatic carbocycles. The van der Waals surface area contributed by atoms with Crippen molar-refractivity contribution in [1.29, 1.82) is 0 Å². The van der Waals surface area contributed by atoms with Crippen molar-refractivity contribution in [3.63, 3.8) is 0 Å². The number of fused-ring (bicyclic) bond motifs is 1. The molecule has 1 N–H and O–H groups in total. The van der Waals surface area contributed by atoms with Gasteiger partial charge >= 0.3 is 5.97 Å². The second-order valence-corrected chi connectivity index (χ2v) is 9.50. The summed E-state index contributed by atoms with van der Waals surface area (Å²) >= 11 is 0. The van der Waals surface area contributed by atoms with Crippen LogP contribution in [0.15, 0.2) is 95.6 Å². The lowest BCUT2D eigenvalue weighted by atomic mass is 9.77. The Bertz CT molecular complexity index is 1400. The molecular weight excluding hydrogens is 478 g/mol. The molecule has 7 nitrogen and oxygen atoms in total. The highest BCUT2D eigenvalue weighted by atomic mass is 16.5. The van der Waals surface area contributed by atoms with Crippen molar-refractivity contribution >= 4 is 35.3 Å². The second kappa shape index (κ2) is 11.3. The predicted molar refractivity (Wildman–Crippen MR) is 146 cm³/mol. The van der Waals surface area contributed by atoms with Crippen molar-refractivity contribution < 1.29 is 19.1 Å². The van der Waals surface area contributed by atoms with Crippen LogP contribution in [0.1, 0.15) is 53.7 Å². The number of ether oxygens (including phenoxy) is 1. The first kappa shape index (κ1) is 25.1. The molecule has 1 aliphatic carbocycles. The number of anilines is 1. The zero-order valence-electron chi connectivity index (χ0n) is 21.2. The number of allylic oxidation sites excluding steroid dienone is 1.